The fraction of sp³-hybridized carbons (Fsp3) is 0.925. The van der Waals surface area contributed by atoms with Crippen LogP contribution < -0.4 is 5.32 Å². The maximum atomic E-state index is 13.0. The standard InChI is InChI=1S/C40H77NO10/c1-3-5-7-9-11-12-13-14-15-16-17-18-19-20-22-24-26-28-33(44)39(49)41-31(35(45)32(43)27-25-23-21-10-8-6-4-2)30-50-40-38(48)37(47)36(46)34(29-42)51-40/h17-18,31-38,40,42-48H,3-16,19-30H2,1-2H3,(H,41,49)/b18-17-. The van der Waals surface area contributed by atoms with Crippen molar-refractivity contribution >= 4 is 5.91 Å². The van der Waals surface area contributed by atoms with Crippen molar-refractivity contribution in [3.63, 3.8) is 0 Å². The molecule has 11 nitrogen and oxygen atoms in total. The molecule has 0 spiro atoms. The third kappa shape index (κ3) is 22.0. The van der Waals surface area contributed by atoms with Gasteiger partial charge in [0, 0.05) is 0 Å². The molecule has 0 saturated carbocycles. The molecular weight excluding hydrogens is 654 g/mol. The molecule has 0 aromatic rings. The Hall–Kier alpha value is -1.15. The zero-order valence-corrected chi connectivity index (χ0v) is 32.1. The number of hydrogen-bond donors (Lipinski definition) is 8. The lowest BCUT2D eigenvalue weighted by Gasteiger charge is -2.40. The zero-order chi connectivity index (χ0) is 37.7. The summed E-state index contributed by atoms with van der Waals surface area (Å²) in [5.41, 5.74) is 0. The second-order valence-corrected chi connectivity index (χ2v) is 14.7. The molecule has 0 radical (unpaired) electrons. The minimum Gasteiger partial charge on any atom is -0.394 e. The van der Waals surface area contributed by atoms with Crippen molar-refractivity contribution in [1.29, 1.82) is 0 Å². The number of aliphatic hydroxyl groups is 7. The van der Waals surface area contributed by atoms with E-state index in [0.29, 0.717) is 19.3 Å². The van der Waals surface area contributed by atoms with Crippen LogP contribution in [0.5, 0.6) is 0 Å². The Morgan fingerprint density at radius 1 is 0.667 bits per heavy atom. The Morgan fingerprint density at radius 2 is 1.14 bits per heavy atom. The van der Waals surface area contributed by atoms with Gasteiger partial charge < -0.3 is 50.5 Å². The fourth-order valence-corrected chi connectivity index (χ4v) is 6.55. The van der Waals surface area contributed by atoms with E-state index >= 15 is 0 Å². The summed E-state index contributed by atoms with van der Waals surface area (Å²) in [5, 5.41) is 75.0. The molecule has 1 amide bonds. The third-order valence-corrected chi connectivity index (χ3v) is 10.1. The van der Waals surface area contributed by atoms with Gasteiger partial charge in [-0.2, -0.15) is 0 Å². The second kappa shape index (κ2) is 31.2. The molecule has 9 unspecified atom stereocenters. The Balaban J connectivity index is 2.46. The molecule has 0 aromatic carbocycles. The number of aliphatic hydroxyl groups excluding tert-OH is 7. The van der Waals surface area contributed by atoms with Gasteiger partial charge in [0.25, 0.3) is 0 Å². The molecular formula is C40H77NO10. The zero-order valence-electron chi connectivity index (χ0n) is 32.1. The highest BCUT2D eigenvalue weighted by Gasteiger charge is 2.44. The van der Waals surface area contributed by atoms with E-state index in [-0.39, 0.29) is 6.42 Å². The topological polar surface area (TPSA) is 189 Å². The Bertz CT molecular complexity index is 846. The minimum absolute atomic E-state index is 0.247. The predicted molar refractivity (Wildman–Crippen MR) is 201 cm³/mol. The van der Waals surface area contributed by atoms with Crippen molar-refractivity contribution in [2.45, 2.75) is 223 Å². The van der Waals surface area contributed by atoms with Crippen molar-refractivity contribution in [2.75, 3.05) is 13.2 Å². The van der Waals surface area contributed by atoms with Gasteiger partial charge in [-0.15, -0.1) is 0 Å². The number of amides is 1. The van der Waals surface area contributed by atoms with Crippen molar-refractivity contribution < 1.29 is 50.0 Å². The summed E-state index contributed by atoms with van der Waals surface area (Å²) in [7, 11) is 0. The SMILES string of the molecule is CCCCCCCCCCC/C=C\CCCCCCC(O)C(=O)NC(COC1OC(CO)C(O)C(O)C1O)C(O)C(O)CCCCCCCCC. The van der Waals surface area contributed by atoms with E-state index in [2.05, 4.69) is 31.3 Å². The highest BCUT2D eigenvalue weighted by atomic mass is 16.7. The summed E-state index contributed by atoms with van der Waals surface area (Å²) in [6, 6.07) is -1.17. The second-order valence-electron chi connectivity index (χ2n) is 14.7. The highest BCUT2D eigenvalue weighted by molar-refractivity contribution is 5.80. The lowest BCUT2D eigenvalue weighted by atomic mass is 9.98. The average Bonchev–Trinajstić information content (AvgIpc) is 3.13. The van der Waals surface area contributed by atoms with Gasteiger partial charge in [0.15, 0.2) is 6.29 Å². The maximum Gasteiger partial charge on any atom is 0.249 e. The molecule has 11 heteroatoms. The maximum absolute atomic E-state index is 13.0. The number of nitrogens with one attached hydrogen (secondary N) is 1. The monoisotopic (exact) mass is 732 g/mol. The molecule has 1 saturated heterocycles. The number of rotatable bonds is 33. The summed E-state index contributed by atoms with van der Waals surface area (Å²) >= 11 is 0. The normalized spacial score (nSPS) is 23.4. The first-order valence-electron chi connectivity index (χ1n) is 20.6. The molecule has 8 N–H and O–H groups in total. The van der Waals surface area contributed by atoms with E-state index in [1.807, 2.05) is 0 Å². The first-order chi connectivity index (χ1) is 24.7. The molecule has 1 fully saturated rings. The number of unbranched alkanes of at least 4 members (excludes halogenated alkanes) is 19. The predicted octanol–water partition coefficient (Wildman–Crippen LogP) is 5.33. The van der Waals surface area contributed by atoms with Crippen LogP contribution in [0.15, 0.2) is 12.2 Å². The molecule has 1 heterocycles. The van der Waals surface area contributed by atoms with Gasteiger partial charge in [0.05, 0.1) is 25.4 Å². The first kappa shape index (κ1) is 47.9. The van der Waals surface area contributed by atoms with Crippen LogP contribution in [0.1, 0.15) is 168 Å². The Morgan fingerprint density at radius 3 is 1.65 bits per heavy atom. The molecule has 302 valence electrons. The van der Waals surface area contributed by atoms with Crippen LogP contribution in [0.3, 0.4) is 0 Å². The minimum atomic E-state index is -1.66. The van der Waals surface area contributed by atoms with E-state index < -0.39 is 74.2 Å². The van der Waals surface area contributed by atoms with Gasteiger partial charge in [0.2, 0.25) is 5.91 Å². The summed E-state index contributed by atoms with van der Waals surface area (Å²) in [6.45, 7) is 3.35. The molecule has 1 aliphatic rings. The lowest BCUT2D eigenvalue weighted by molar-refractivity contribution is -0.303. The number of ether oxygens (including phenoxy) is 2. The van der Waals surface area contributed by atoms with E-state index in [1.165, 1.54) is 70.6 Å². The smallest absolute Gasteiger partial charge is 0.249 e. The highest BCUT2D eigenvalue weighted by Crippen LogP contribution is 2.23. The van der Waals surface area contributed by atoms with E-state index in [4.69, 9.17) is 9.47 Å². The third-order valence-electron chi connectivity index (χ3n) is 10.1. The van der Waals surface area contributed by atoms with Crippen LogP contribution >= 0.6 is 0 Å². The molecule has 0 aliphatic carbocycles. The van der Waals surface area contributed by atoms with E-state index in [0.717, 1.165) is 57.8 Å². The summed E-state index contributed by atoms with van der Waals surface area (Å²) in [4.78, 5) is 13.0. The summed E-state index contributed by atoms with van der Waals surface area (Å²) in [6.07, 6.45) is 18.7. The quantitative estimate of drug-likeness (QED) is 0.0324. The lowest BCUT2D eigenvalue weighted by Crippen LogP contribution is -2.60. The summed E-state index contributed by atoms with van der Waals surface area (Å²) < 4.78 is 11.0. The van der Waals surface area contributed by atoms with Gasteiger partial charge in [0.1, 0.15) is 36.6 Å². The fourth-order valence-electron chi connectivity index (χ4n) is 6.55. The number of allylic oxidation sites excluding steroid dienone is 2. The van der Waals surface area contributed by atoms with Crippen LogP contribution in [0.4, 0.5) is 0 Å². The van der Waals surface area contributed by atoms with Crippen LogP contribution in [0, 0.1) is 0 Å². The van der Waals surface area contributed by atoms with Crippen molar-refractivity contribution in [2.24, 2.45) is 0 Å². The van der Waals surface area contributed by atoms with Crippen LogP contribution in [0.2, 0.25) is 0 Å². The van der Waals surface area contributed by atoms with Gasteiger partial charge in [-0.1, -0.05) is 142 Å². The van der Waals surface area contributed by atoms with E-state index in [9.17, 15) is 40.5 Å². The Labute approximate surface area is 309 Å². The molecule has 1 aliphatic heterocycles. The van der Waals surface area contributed by atoms with Gasteiger partial charge in [-0.25, -0.2) is 0 Å². The van der Waals surface area contributed by atoms with Gasteiger partial charge in [-0.3, -0.25) is 4.79 Å². The molecule has 9 atom stereocenters. The number of hydrogen-bond acceptors (Lipinski definition) is 10. The molecule has 0 bridgehead atoms. The van der Waals surface area contributed by atoms with Gasteiger partial charge in [-0.05, 0) is 38.5 Å². The first-order valence-corrected chi connectivity index (χ1v) is 20.6. The largest absolute Gasteiger partial charge is 0.394 e. The number of carbonyl (C=O) groups excluding carboxylic acids is 1. The van der Waals surface area contributed by atoms with E-state index in [1.54, 1.807) is 0 Å². The molecule has 51 heavy (non-hydrogen) atoms. The molecule has 0 aromatic heterocycles. The number of carbonyl (C=O) groups is 1. The van der Waals surface area contributed by atoms with Crippen LogP contribution in [-0.2, 0) is 14.3 Å². The Kier molecular flexibility index (Phi) is 29.3. The van der Waals surface area contributed by atoms with Crippen molar-refractivity contribution in [1.82, 2.24) is 5.32 Å². The summed E-state index contributed by atoms with van der Waals surface area (Å²) in [5.74, 6) is -0.709. The van der Waals surface area contributed by atoms with Gasteiger partial charge >= 0.3 is 0 Å². The van der Waals surface area contributed by atoms with Crippen molar-refractivity contribution in [3.05, 3.63) is 12.2 Å². The molecule has 1 rings (SSSR count). The van der Waals surface area contributed by atoms with Crippen molar-refractivity contribution in [3.8, 4) is 0 Å². The average molecular weight is 732 g/mol. The van der Waals surface area contributed by atoms with Crippen LogP contribution in [0.25, 0.3) is 0 Å². The van der Waals surface area contributed by atoms with Crippen LogP contribution in [-0.4, -0.2) is 110 Å².